The van der Waals surface area contributed by atoms with Crippen LogP contribution in [0.15, 0.2) is 0 Å². The first kappa shape index (κ1) is 10.6. The van der Waals surface area contributed by atoms with E-state index in [0.717, 1.165) is 6.42 Å². The number of hydrogen-bond donors (Lipinski definition) is 0. The van der Waals surface area contributed by atoms with Crippen molar-refractivity contribution < 1.29 is 4.79 Å². The maximum atomic E-state index is 11.4. The van der Waals surface area contributed by atoms with E-state index in [0.29, 0.717) is 11.8 Å². The maximum Gasteiger partial charge on any atom is 0.222 e. The van der Waals surface area contributed by atoms with Gasteiger partial charge in [0.05, 0.1) is 0 Å². The van der Waals surface area contributed by atoms with Gasteiger partial charge in [0, 0.05) is 20.5 Å². The van der Waals surface area contributed by atoms with Crippen LogP contribution in [0.2, 0.25) is 0 Å². The average molecular weight is 183 g/mol. The number of hydrogen-bond acceptors (Lipinski definition) is 1. The number of rotatable bonds is 2. The molecule has 0 saturated heterocycles. The fraction of sp³-hybridized carbons (Fsp3) is 0.909. The summed E-state index contributed by atoms with van der Waals surface area (Å²) in [4.78, 5) is 13.2. The Kier molecular flexibility index (Phi) is 4.26. The highest BCUT2D eigenvalue weighted by Gasteiger charge is 2.16. The molecule has 1 fully saturated rings. The number of carbonyl (C=O) groups excluding carboxylic acids is 1. The Hall–Kier alpha value is -0.530. The summed E-state index contributed by atoms with van der Waals surface area (Å²) < 4.78 is 0. The van der Waals surface area contributed by atoms with Gasteiger partial charge in [-0.2, -0.15) is 0 Å². The van der Waals surface area contributed by atoms with E-state index < -0.39 is 0 Å². The minimum atomic E-state index is 0.298. The standard InChI is InChI=1S/C11H21NO/c1-12(2)11(13)9-10-7-5-3-4-6-8-10/h10H,3-9H2,1-2H3. The minimum Gasteiger partial charge on any atom is -0.349 e. The van der Waals surface area contributed by atoms with Crippen LogP contribution in [-0.4, -0.2) is 24.9 Å². The molecule has 1 rings (SSSR count). The van der Waals surface area contributed by atoms with E-state index in [4.69, 9.17) is 0 Å². The Labute approximate surface area is 81.3 Å². The Morgan fingerprint density at radius 1 is 1.15 bits per heavy atom. The molecule has 76 valence electrons. The molecule has 1 amide bonds. The van der Waals surface area contributed by atoms with Crippen LogP contribution in [0.4, 0.5) is 0 Å². The monoisotopic (exact) mass is 183 g/mol. The van der Waals surface area contributed by atoms with Gasteiger partial charge in [0.15, 0.2) is 0 Å². The highest BCUT2D eigenvalue weighted by Crippen LogP contribution is 2.25. The van der Waals surface area contributed by atoms with Gasteiger partial charge in [-0.1, -0.05) is 25.7 Å². The summed E-state index contributed by atoms with van der Waals surface area (Å²) in [6.07, 6.45) is 8.68. The lowest BCUT2D eigenvalue weighted by atomic mass is 9.96. The van der Waals surface area contributed by atoms with Crippen LogP contribution in [0, 0.1) is 5.92 Å². The number of amides is 1. The Morgan fingerprint density at radius 3 is 2.15 bits per heavy atom. The van der Waals surface area contributed by atoms with Gasteiger partial charge >= 0.3 is 0 Å². The summed E-state index contributed by atoms with van der Waals surface area (Å²) in [5.41, 5.74) is 0. The lowest BCUT2D eigenvalue weighted by Crippen LogP contribution is -2.24. The quantitative estimate of drug-likeness (QED) is 0.602. The van der Waals surface area contributed by atoms with Crippen molar-refractivity contribution in [2.45, 2.75) is 44.9 Å². The highest BCUT2D eigenvalue weighted by molar-refractivity contribution is 5.75. The lowest BCUT2D eigenvalue weighted by molar-refractivity contribution is -0.129. The molecular formula is C11H21NO. The van der Waals surface area contributed by atoms with Crippen LogP contribution in [0.5, 0.6) is 0 Å². The van der Waals surface area contributed by atoms with Gasteiger partial charge in [0.2, 0.25) is 5.91 Å². The molecule has 0 heterocycles. The smallest absolute Gasteiger partial charge is 0.222 e. The third-order valence-corrected chi connectivity index (χ3v) is 2.94. The molecule has 1 saturated carbocycles. The van der Waals surface area contributed by atoms with Crippen molar-refractivity contribution in [1.29, 1.82) is 0 Å². The molecule has 0 aromatic carbocycles. The van der Waals surface area contributed by atoms with Crippen LogP contribution in [0.3, 0.4) is 0 Å². The molecule has 0 aromatic heterocycles. The van der Waals surface area contributed by atoms with Crippen molar-refractivity contribution in [3.8, 4) is 0 Å². The molecule has 0 unspecified atom stereocenters. The van der Waals surface area contributed by atoms with Crippen LogP contribution < -0.4 is 0 Å². The van der Waals surface area contributed by atoms with Gasteiger partial charge in [-0.3, -0.25) is 4.79 Å². The minimum absolute atomic E-state index is 0.298. The zero-order valence-corrected chi connectivity index (χ0v) is 8.88. The number of nitrogens with zero attached hydrogens (tertiary/aromatic N) is 1. The summed E-state index contributed by atoms with van der Waals surface area (Å²) in [5, 5.41) is 0. The van der Waals surface area contributed by atoms with E-state index in [1.807, 2.05) is 14.1 Å². The Morgan fingerprint density at radius 2 is 1.69 bits per heavy atom. The molecule has 0 atom stereocenters. The van der Waals surface area contributed by atoms with Crippen molar-refractivity contribution in [2.75, 3.05) is 14.1 Å². The molecule has 1 aliphatic carbocycles. The summed E-state index contributed by atoms with van der Waals surface area (Å²) in [7, 11) is 3.69. The van der Waals surface area contributed by atoms with Crippen molar-refractivity contribution in [2.24, 2.45) is 5.92 Å². The zero-order chi connectivity index (χ0) is 9.68. The van der Waals surface area contributed by atoms with E-state index in [-0.39, 0.29) is 0 Å². The first-order chi connectivity index (χ1) is 6.20. The predicted molar refractivity (Wildman–Crippen MR) is 54.5 cm³/mol. The maximum absolute atomic E-state index is 11.4. The molecular weight excluding hydrogens is 162 g/mol. The molecule has 13 heavy (non-hydrogen) atoms. The van der Waals surface area contributed by atoms with Gasteiger partial charge in [0.1, 0.15) is 0 Å². The SMILES string of the molecule is CN(C)C(=O)CC1CCCCCC1. The van der Waals surface area contributed by atoms with E-state index >= 15 is 0 Å². The van der Waals surface area contributed by atoms with Crippen molar-refractivity contribution >= 4 is 5.91 Å². The van der Waals surface area contributed by atoms with Crippen molar-refractivity contribution in [3.05, 3.63) is 0 Å². The van der Waals surface area contributed by atoms with Crippen molar-refractivity contribution in [3.63, 3.8) is 0 Å². The van der Waals surface area contributed by atoms with E-state index in [1.165, 1.54) is 38.5 Å². The van der Waals surface area contributed by atoms with Crippen LogP contribution in [0.25, 0.3) is 0 Å². The molecule has 0 bridgehead atoms. The second kappa shape index (κ2) is 5.25. The lowest BCUT2D eigenvalue weighted by Gasteiger charge is -2.16. The molecule has 0 radical (unpaired) electrons. The predicted octanol–water partition coefficient (Wildman–Crippen LogP) is 2.44. The molecule has 1 aliphatic rings. The fourth-order valence-corrected chi connectivity index (χ4v) is 2.00. The second-order valence-corrected chi connectivity index (χ2v) is 4.35. The molecule has 2 heteroatoms. The van der Waals surface area contributed by atoms with Gasteiger partial charge in [-0.15, -0.1) is 0 Å². The van der Waals surface area contributed by atoms with Gasteiger partial charge in [0.25, 0.3) is 0 Å². The average Bonchev–Trinajstić information content (AvgIpc) is 2.32. The Balaban J connectivity index is 2.29. The van der Waals surface area contributed by atoms with Gasteiger partial charge in [-0.25, -0.2) is 0 Å². The summed E-state index contributed by atoms with van der Waals surface area (Å²) in [6, 6.07) is 0. The molecule has 0 spiro atoms. The molecule has 2 nitrogen and oxygen atoms in total. The summed E-state index contributed by atoms with van der Waals surface area (Å²) in [5.74, 6) is 0.962. The Bertz CT molecular complexity index is 157. The van der Waals surface area contributed by atoms with Crippen LogP contribution >= 0.6 is 0 Å². The first-order valence-electron chi connectivity index (χ1n) is 5.40. The largest absolute Gasteiger partial charge is 0.349 e. The normalized spacial score (nSPS) is 19.5. The van der Waals surface area contributed by atoms with E-state index in [9.17, 15) is 4.79 Å². The van der Waals surface area contributed by atoms with Crippen LogP contribution in [0.1, 0.15) is 44.9 Å². The summed E-state index contributed by atoms with van der Waals surface area (Å²) >= 11 is 0. The van der Waals surface area contributed by atoms with E-state index in [2.05, 4.69) is 0 Å². The fourth-order valence-electron chi connectivity index (χ4n) is 2.00. The second-order valence-electron chi connectivity index (χ2n) is 4.35. The summed E-state index contributed by atoms with van der Waals surface area (Å²) in [6.45, 7) is 0. The third kappa shape index (κ3) is 3.79. The van der Waals surface area contributed by atoms with Crippen molar-refractivity contribution in [1.82, 2.24) is 4.90 Å². The zero-order valence-electron chi connectivity index (χ0n) is 8.88. The molecule has 0 N–H and O–H groups in total. The third-order valence-electron chi connectivity index (χ3n) is 2.94. The van der Waals surface area contributed by atoms with E-state index in [1.54, 1.807) is 4.90 Å². The van der Waals surface area contributed by atoms with Gasteiger partial charge in [-0.05, 0) is 18.8 Å². The highest BCUT2D eigenvalue weighted by atomic mass is 16.2. The number of carbonyl (C=O) groups is 1. The molecule has 0 aromatic rings. The van der Waals surface area contributed by atoms with Crippen LogP contribution in [-0.2, 0) is 4.79 Å². The van der Waals surface area contributed by atoms with Gasteiger partial charge < -0.3 is 4.90 Å². The first-order valence-corrected chi connectivity index (χ1v) is 5.40. The molecule has 0 aliphatic heterocycles. The topological polar surface area (TPSA) is 20.3 Å².